The standard InChI is InChI=1S/C17H20N4O2/c1-2-3-6-17(22)21-11-9-20(10-12-21)16-8-7-14(18-19-16)15-5-4-13-23-15/h2,4-5,7-8,13H,1,3,6,9-12H2. The molecule has 2 aromatic rings. The Kier molecular flexibility index (Phi) is 4.71. The summed E-state index contributed by atoms with van der Waals surface area (Å²) in [5.41, 5.74) is 0.719. The largest absolute Gasteiger partial charge is 0.463 e. The molecule has 23 heavy (non-hydrogen) atoms. The number of furan rings is 1. The first-order valence-electron chi connectivity index (χ1n) is 7.79. The summed E-state index contributed by atoms with van der Waals surface area (Å²) in [6.45, 7) is 6.64. The second kappa shape index (κ2) is 7.09. The van der Waals surface area contributed by atoms with E-state index in [4.69, 9.17) is 4.42 Å². The average molecular weight is 312 g/mol. The van der Waals surface area contributed by atoms with Crippen LogP contribution in [0.1, 0.15) is 12.8 Å². The highest BCUT2D eigenvalue weighted by molar-refractivity contribution is 5.76. The summed E-state index contributed by atoms with van der Waals surface area (Å²) in [7, 11) is 0. The topological polar surface area (TPSA) is 62.5 Å². The number of anilines is 1. The number of nitrogens with zero attached hydrogens (tertiary/aromatic N) is 4. The molecule has 0 radical (unpaired) electrons. The summed E-state index contributed by atoms with van der Waals surface area (Å²) >= 11 is 0. The zero-order chi connectivity index (χ0) is 16.1. The molecule has 1 aliphatic heterocycles. The zero-order valence-electron chi connectivity index (χ0n) is 13.0. The first kappa shape index (κ1) is 15.3. The first-order valence-corrected chi connectivity index (χ1v) is 7.79. The molecule has 3 heterocycles. The second-order valence-corrected chi connectivity index (χ2v) is 5.45. The Morgan fingerprint density at radius 1 is 1.22 bits per heavy atom. The highest BCUT2D eigenvalue weighted by Crippen LogP contribution is 2.19. The van der Waals surface area contributed by atoms with Gasteiger partial charge in [-0.3, -0.25) is 4.79 Å². The highest BCUT2D eigenvalue weighted by Gasteiger charge is 2.21. The van der Waals surface area contributed by atoms with Gasteiger partial charge in [-0.2, -0.15) is 0 Å². The van der Waals surface area contributed by atoms with Gasteiger partial charge < -0.3 is 14.2 Å². The third-order valence-electron chi connectivity index (χ3n) is 3.94. The number of aromatic nitrogens is 2. The Labute approximate surface area is 135 Å². The van der Waals surface area contributed by atoms with E-state index >= 15 is 0 Å². The van der Waals surface area contributed by atoms with Crippen molar-refractivity contribution in [3.05, 3.63) is 43.2 Å². The summed E-state index contributed by atoms with van der Waals surface area (Å²) in [6, 6.07) is 7.54. The number of hydrogen-bond acceptors (Lipinski definition) is 5. The molecule has 1 saturated heterocycles. The monoisotopic (exact) mass is 312 g/mol. The fourth-order valence-corrected chi connectivity index (χ4v) is 2.62. The van der Waals surface area contributed by atoms with Crippen LogP contribution in [-0.2, 0) is 4.79 Å². The second-order valence-electron chi connectivity index (χ2n) is 5.45. The SMILES string of the molecule is C=CCCC(=O)N1CCN(c2ccc(-c3ccco3)nn2)CC1. The quantitative estimate of drug-likeness (QED) is 0.793. The molecule has 3 rings (SSSR count). The lowest BCUT2D eigenvalue weighted by atomic mass is 10.2. The third kappa shape index (κ3) is 3.59. The van der Waals surface area contributed by atoms with Gasteiger partial charge in [0.1, 0.15) is 5.69 Å². The van der Waals surface area contributed by atoms with Crippen molar-refractivity contribution >= 4 is 11.7 Å². The summed E-state index contributed by atoms with van der Waals surface area (Å²) in [4.78, 5) is 16.1. The van der Waals surface area contributed by atoms with Gasteiger partial charge in [0.2, 0.25) is 5.91 Å². The lowest BCUT2D eigenvalue weighted by molar-refractivity contribution is -0.131. The van der Waals surface area contributed by atoms with Gasteiger partial charge in [0.05, 0.1) is 6.26 Å². The van der Waals surface area contributed by atoms with Crippen molar-refractivity contribution < 1.29 is 9.21 Å². The summed E-state index contributed by atoms with van der Waals surface area (Å²) in [6.07, 6.45) is 4.68. The molecule has 0 unspecified atom stereocenters. The van der Waals surface area contributed by atoms with Crippen LogP contribution in [0, 0.1) is 0 Å². The van der Waals surface area contributed by atoms with E-state index in [1.807, 2.05) is 29.2 Å². The maximum Gasteiger partial charge on any atom is 0.223 e. The van der Waals surface area contributed by atoms with Gasteiger partial charge in [0, 0.05) is 32.6 Å². The number of amides is 1. The highest BCUT2D eigenvalue weighted by atomic mass is 16.3. The first-order chi connectivity index (χ1) is 11.3. The molecule has 0 saturated carbocycles. The molecule has 0 aromatic carbocycles. The van der Waals surface area contributed by atoms with Gasteiger partial charge in [-0.1, -0.05) is 6.08 Å². The molecule has 1 aliphatic rings. The summed E-state index contributed by atoms with van der Waals surface area (Å²) in [5.74, 6) is 1.74. The van der Waals surface area contributed by atoms with Gasteiger partial charge in [-0.25, -0.2) is 0 Å². The molecule has 0 N–H and O–H groups in total. The molecule has 0 bridgehead atoms. The van der Waals surface area contributed by atoms with Crippen LogP contribution >= 0.6 is 0 Å². The van der Waals surface area contributed by atoms with Crippen LogP contribution in [0.15, 0.2) is 47.6 Å². The molecule has 1 amide bonds. The van der Waals surface area contributed by atoms with Crippen molar-refractivity contribution in [2.45, 2.75) is 12.8 Å². The van der Waals surface area contributed by atoms with E-state index in [1.165, 1.54) is 0 Å². The Morgan fingerprint density at radius 3 is 2.65 bits per heavy atom. The Hall–Kier alpha value is -2.63. The van der Waals surface area contributed by atoms with Gasteiger partial charge >= 0.3 is 0 Å². The Bertz CT molecular complexity index is 644. The van der Waals surface area contributed by atoms with Crippen molar-refractivity contribution in [1.82, 2.24) is 15.1 Å². The van der Waals surface area contributed by atoms with Crippen LogP contribution in [0.25, 0.3) is 11.5 Å². The van der Waals surface area contributed by atoms with E-state index in [1.54, 1.807) is 12.3 Å². The molecular formula is C17H20N4O2. The molecule has 6 heteroatoms. The van der Waals surface area contributed by atoms with E-state index in [2.05, 4.69) is 21.7 Å². The molecule has 2 aromatic heterocycles. The number of piperazine rings is 1. The maximum atomic E-state index is 12.0. The van der Waals surface area contributed by atoms with E-state index < -0.39 is 0 Å². The number of carbonyl (C=O) groups is 1. The van der Waals surface area contributed by atoms with Crippen LogP contribution in [0.3, 0.4) is 0 Å². The normalized spacial score (nSPS) is 14.8. The van der Waals surface area contributed by atoms with Crippen LogP contribution in [0.5, 0.6) is 0 Å². The van der Waals surface area contributed by atoms with E-state index in [0.29, 0.717) is 12.2 Å². The summed E-state index contributed by atoms with van der Waals surface area (Å²) < 4.78 is 5.31. The van der Waals surface area contributed by atoms with Crippen LogP contribution < -0.4 is 4.90 Å². The van der Waals surface area contributed by atoms with E-state index in [9.17, 15) is 4.79 Å². The summed E-state index contributed by atoms with van der Waals surface area (Å²) in [5, 5.41) is 8.49. The lowest BCUT2D eigenvalue weighted by Gasteiger charge is -2.35. The van der Waals surface area contributed by atoms with Crippen LogP contribution in [-0.4, -0.2) is 47.2 Å². The van der Waals surface area contributed by atoms with Gasteiger partial charge in [0.15, 0.2) is 11.6 Å². The van der Waals surface area contributed by atoms with Gasteiger partial charge in [-0.15, -0.1) is 16.8 Å². The third-order valence-corrected chi connectivity index (χ3v) is 3.94. The lowest BCUT2D eigenvalue weighted by Crippen LogP contribution is -2.49. The average Bonchev–Trinajstić information content (AvgIpc) is 3.14. The van der Waals surface area contributed by atoms with Crippen molar-refractivity contribution in [3.63, 3.8) is 0 Å². The van der Waals surface area contributed by atoms with Crippen molar-refractivity contribution in [2.24, 2.45) is 0 Å². The van der Waals surface area contributed by atoms with Crippen LogP contribution in [0.2, 0.25) is 0 Å². The number of allylic oxidation sites excluding steroid dienone is 1. The van der Waals surface area contributed by atoms with Crippen molar-refractivity contribution in [3.8, 4) is 11.5 Å². The fraction of sp³-hybridized carbons (Fsp3) is 0.353. The number of carbonyl (C=O) groups excluding carboxylic acids is 1. The molecule has 1 fully saturated rings. The molecule has 120 valence electrons. The molecule has 0 spiro atoms. The Balaban J connectivity index is 1.57. The fourth-order valence-electron chi connectivity index (χ4n) is 2.62. The minimum absolute atomic E-state index is 0.198. The smallest absolute Gasteiger partial charge is 0.223 e. The van der Waals surface area contributed by atoms with E-state index in [0.717, 1.165) is 44.1 Å². The van der Waals surface area contributed by atoms with Crippen molar-refractivity contribution in [2.75, 3.05) is 31.1 Å². The van der Waals surface area contributed by atoms with Gasteiger partial charge in [-0.05, 0) is 30.7 Å². The predicted molar refractivity (Wildman–Crippen MR) is 88.0 cm³/mol. The maximum absolute atomic E-state index is 12.0. The zero-order valence-corrected chi connectivity index (χ0v) is 13.0. The number of rotatable bonds is 5. The predicted octanol–water partition coefficient (Wildman–Crippen LogP) is 2.35. The van der Waals surface area contributed by atoms with Crippen LogP contribution in [0.4, 0.5) is 5.82 Å². The molecule has 6 nitrogen and oxygen atoms in total. The van der Waals surface area contributed by atoms with Gasteiger partial charge in [0.25, 0.3) is 0 Å². The minimum atomic E-state index is 0.198. The molecule has 0 aliphatic carbocycles. The molecule has 0 atom stereocenters. The Morgan fingerprint density at radius 2 is 2.04 bits per heavy atom. The molecular weight excluding hydrogens is 292 g/mol. The number of hydrogen-bond donors (Lipinski definition) is 0. The van der Waals surface area contributed by atoms with E-state index in [-0.39, 0.29) is 5.91 Å². The minimum Gasteiger partial charge on any atom is -0.463 e. The van der Waals surface area contributed by atoms with Crippen molar-refractivity contribution in [1.29, 1.82) is 0 Å².